The molecule has 0 saturated carbocycles. The second-order valence-corrected chi connectivity index (χ2v) is 5.84. The zero-order chi connectivity index (χ0) is 12.4. The van der Waals surface area contributed by atoms with E-state index in [1.54, 1.807) is 12.5 Å². The third-order valence-electron chi connectivity index (χ3n) is 2.41. The van der Waals surface area contributed by atoms with Gasteiger partial charge in [0.1, 0.15) is 12.1 Å². The van der Waals surface area contributed by atoms with Crippen LogP contribution in [-0.4, -0.2) is 9.97 Å². The van der Waals surface area contributed by atoms with E-state index in [9.17, 15) is 0 Å². The van der Waals surface area contributed by atoms with E-state index in [1.165, 1.54) is 11.1 Å². The van der Waals surface area contributed by atoms with Crippen LogP contribution in [0.15, 0.2) is 29.1 Å². The maximum absolute atomic E-state index is 4.24. The molecular weight excluding hydrogens is 393 g/mol. The van der Waals surface area contributed by atoms with E-state index in [0.29, 0.717) is 0 Å². The molecule has 1 aromatic heterocycles. The number of aryl methyl sites for hydroxylation is 2. The molecule has 2 rings (SSSR count). The van der Waals surface area contributed by atoms with E-state index in [4.69, 9.17) is 0 Å². The van der Waals surface area contributed by atoms with Crippen LogP contribution in [0.2, 0.25) is 0 Å². The molecule has 88 valence electrons. The molecule has 0 saturated heterocycles. The highest BCUT2D eigenvalue weighted by Gasteiger charge is 2.07. The molecule has 5 heteroatoms. The zero-order valence-corrected chi connectivity index (χ0v) is 13.2. The molecule has 3 nitrogen and oxygen atoms in total. The minimum Gasteiger partial charge on any atom is -0.339 e. The Labute approximate surface area is 122 Å². The predicted molar refractivity (Wildman–Crippen MR) is 81.6 cm³/mol. The quantitative estimate of drug-likeness (QED) is 0.763. The minimum atomic E-state index is 0.842. The van der Waals surface area contributed by atoms with Crippen molar-refractivity contribution in [2.75, 3.05) is 5.32 Å². The van der Waals surface area contributed by atoms with Crippen LogP contribution in [0, 0.1) is 17.4 Å². The maximum atomic E-state index is 4.24. The molecule has 0 spiro atoms. The van der Waals surface area contributed by atoms with E-state index in [0.717, 1.165) is 19.5 Å². The maximum Gasteiger partial charge on any atom is 0.147 e. The van der Waals surface area contributed by atoms with Crippen molar-refractivity contribution in [3.05, 3.63) is 43.8 Å². The Kier molecular flexibility index (Phi) is 3.98. The number of nitrogens with zero attached hydrogens (tertiary/aromatic N) is 2. The van der Waals surface area contributed by atoms with Gasteiger partial charge in [-0.3, -0.25) is 0 Å². The molecular formula is C12H11BrIN3. The summed E-state index contributed by atoms with van der Waals surface area (Å²) in [6, 6.07) is 4.17. The van der Waals surface area contributed by atoms with Gasteiger partial charge < -0.3 is 5.32 Å². The summed E-state index contributed by atoms with van der Waals surface area (Å²) < 4.78 is 2.10. The Morgan fingerprint density at radius 1 is 1.24 bits per heavy atom. The average Bonchev–Trinajstić information content (AvgIpc) is 2.25. The lowest BCUT2D eigenvalue weighted by atomic mass is 10.1. The largest absolute Gasteiger partial charge is 0.339 e. The van der Waals surface area contributed by atoms with Crippen molar-refractivity contribution < 1.29 is 0 Å². The summed E-state index contributed by atoms with van der Waals surface area (Å²) in [5.74, 6) is 0.842. The van der Waals surface area contributed by atoms with Gasteiger partial charge in [0, 0.05) is 16.4 Å². The average molecular weight is 404 g/mol. The summed E-state index contributed by atoms with van der Waals surface area (Å²) in [5.41, 5.74) is 3.47. The molecule has 2 aromatic rings. The molecule has 0 aliphatic carbocycles. The number of hydrogen-bond donors (Lipinski definition) is 1. The molecule has 0 atom stereocenters. The SMILES string of the molecule is Cc1cc(Br)cc(C)c1Nc1ncncc1I. The monoisotopic (exact) mass is 403 g/mol. The normalized spacial score (nSPS) is 10.4. The standard InChI is InChI=1S/C12H11BrIN3/c1-7-3-9(13)4-8(2)11(7)17-12-10(14)5-15-6-16-12/h3-6H,1-2H3,(H,15,16,17). The number of aromatic nitrogens is 2. The third-order valence-corrected chi connectivity index (χ3v) is 3.66. The minimum absolute atomic E-state index is 0.842. The van der Waals surface area contributed by atoms with E-state index in [-0.39, 0.29) is 0 Å². The van der Waals surface area contributed by atoms with Crippen LogP contribution in [0.3, 0.4) is 0 Å². The van der Waals surface area contributed by atoms with Gasteiger partial charge in [-0.1, -0.05) is 15.9 Å². The summed E-state index contributed by atoms with van der Waals surface area (Å²) in [7, 11) is 0. The highest BCUT2D eigenvalue weighted by molar-refractivity contribution is 14.1. The van der Waals surface area contributed by atoms with Gasteiger partial charge in [-0.25, -0.2) is 9.97 Å². The van der Waals surface area contributed by atoms with Crippen LogP contribution in [0.4, 0.5) is 11.5 Å². The van der Waals surface area contributed by atoms with Gasteiger partial charge >= 0.3 is 0 Å². The second kappa shape index (κ2) is 5.30. The molecule has 0 bridgehead atoms. The van der Waals surface area contributed by atoms with Crippen molar-refractivity contribution in [3.8, 4) is 0 Å². The Morgan fingerprint density at radius 3 is 2.47 bits per heavy atom. The first-order valence-electron chi connectivity index (χ1n) is 5.07. The number of rotatable bonds is 2. The third kappa shape index (κ3) is 2.95. The summed E-state index contributed by atoms with van der Waals surface area (Å²) in [6.45, 7) is 4.16. The van der Waals surface area contributed by atoms with Crippen molar-refractivity contribution >= 4 is 50.0 Å². The number of nitrogens with one attached hydrogen (secondary N) is 1. The molecule has 17 heavy (non-hydrogen) atoms. The topological polar surface area (TPSA) is 37.8 Å². The van der Waals surface area contributed by atoms with Gasteiger partial charge in [-0.2, -0.15) is 0 Å². The summed E-state index contributed by atoms with van der Waals surface area (Å²) in [4.78, 5) is 8.22. The van der Waals surface area contributed by atoms with Gasteiger partial charge in [-0.05, 0) is 59.7 Å². The van der Waals surface area contributed by atoms with Crippen LogP contribution in [-0.2, 0) is 0 Å². The predicted octanol–water partition coefficient (Wildman–Crippen LogP) is 4.20. The molecule has 1 N–H and O–H groups in total. The highest BCUT2D eigenvalue weighted by Crippen LogP contribution is 2.28. The lowest BCUT2D eigenvalue weighted by molar-refractivity contribution is 1.15. The Balaban J connectivity index is 2.40. The molecule has 0 aliphatic heterocycles. The fourth-order valence-corrected chi connectivity index (χ4v) is 2.75. The molecule has 0 unspecified atom stereocenters. The first-order chi connectivity index (χ1) is 8.08. The van der Waals surface area contributed by atoms with Crippen molar-refractivity contribution in [2.24, 2.45) is 0 Å². The summed E-state index contributed by atoms with van der Waals surface area (Å²) >= 11 is 5.71. The first-order valence-corrected chi connectivity index (χ1v) is 6.94. The van der Waals surface area contributed by atoms with Crippen LogP contribution >= 0.6 is 38.5 Å². The second-order valence-electron chi connectivity index (χ2n) is 3.76. The Bertz CT molecular complexity index is 534. The van der Waals surface area contributed by atoms with Crippen molar-refractivity contribution in [2.45, 2.75) is 13.8 Å². The Morgan fingerprint density at radius 2 is 1.88 bits per heavy atom. The van der Waals surface area contributed by atoms with Gasteiger partial charge in [-0.15, -0.1) is 0 Å². The molecule has 0 aliphatic rings. The van der Waals surface area contributed by atoms with Crippen LogP contribution < -0.4 is 5.32 Å². The smallest absolute Gasteiger partial charge is 0.147 e. The fraction of sp³-hybridized carbons (Fsp3) is 0.167. The Hall–Kier alpha value is -0.690. The van der Waals surface area contributed by atoms with Crippen LogP contribution in [0.5, 0.6) is 0 Å². The van der Waals surface area contributed by atoms with E-state index in [2.05, 4.69) is 79.8 Å². The van der Waals surface area contributed by atoms with Gasteiger partial charge in [0.05, 0.1) is 3.57 Å². The van der Waals surface area contributed by atoms with Gasteiger partial charge in [0.25, 0.3) is 0 Å². The van der Waals surface area contributed by atoms with E-state index >= 15 is 0 Å². The molecule has 0 fully saturated rings. The van der Waals surface area contributed by atoms with Crippen molar-refractivity contribution in [1.82, 2.24) is 9.97 Å². The molecule has 1 aromatic carbocycles. The molecule has 1 heterocycles. The molecule has 0 amide bonds. The van der Waals surface area contributed by atoms with Crippen molar-refractivity contribution in [3.63, 3.8) is 0 Å². The lowest BCUT2D eigenvalue weighted by Crippen LogP contribution is -2.00. The van der Waals surface area contributed by atoms with Crippen LogP contribution in [0.1, 0.15) is 11.1 Å². The molecule has 0 radical (unpaired) electrons. The van der Waals surface area contributed by atoms with Crippen molar-refractivity contribution in [1.29, 1.82) is 0 Å². The number of hydrogen-bond acceptors (Lipinski definition) is 3. The number of benzene rings is 1. The van der Waals surface area contributed by atoms with Gasteiger partial charge in [0.2, 0.25) is 0 Å². The fourth-order valence-electron chi connectivity index (χ4n) is 1.63. The van der Waals surface area contributed by atoms with Crippen LogP contribution in [0.25, 0.3) is 0 Å². The van der Waals surface area contributed by atoms with E-state index < -0.39 is 0 Å². The number of anilines is 2. The van der Waals surface area contributed by atoms with Gasteiger partial charge in [0.15, 0.2) is 0 Å². The summed E-state index contributed by atoms with van der Waals surface area (Å²) in [5, 5.41) is 3.36. The zero-order valence-electron chi connectivity index (χ0n) is 9.46. The number of halogens is 2. The first kappa shape index (κ1) is 12.8. The lowest BCUT2D eigenvalue weighted by Gasteiger charge is -2.13. The highest BCUT2D eigenvalue weighted by atomic mass is 127. The van der Waals surface area contributed by atoms with E-state index in [1.807, 2.05) is 0 Å². The summed E-state index contributed by atoms with van der Waals surface area (Å²) in [6.07, 6.45) is 3.34.